The van der Waals surface area contributed by atoms with Gasteiger partial charge in [0.15, 0.2) is 0 Å². The Balaban J connectivity index is 1.92. The first-order valence-corrected chi connectivity index (χ1v) is 10.8. The number of aryl methyl sites for hydroxylation is 1. The van der Waals surface area contributed by atoms with Gasteiger partial charge in [-0.2, -0.15) is 0 Å². The standard InChI is InChI=1S/C23H33N3O3/c1-4-6-7-10-18(5-2)24-21-13-16-9-8-11-29-15-17-12-19(28-3)14-20(27)22(17)23(16)26-25-21/h12-14,18,27H,4-11,15H2,1-3H3,(H,24,25). The number of rotatable bonds is 8. The Hall–Kier alpha value is -2.34. The number of aromatic nitrogens is 2. The van der Waals surface area contributed by atoms with Gasteiger partial charge in [-0.25, -0.2) is 0 Å². The Bertz CT molecular complexity index is 810. The molecule has 2 aromatic rings. The first-order chi connectivity index (χ1) is 14.2. The molecule has 1 aromatic carbocycles. The summed E-state index contributed by atoms with van der Waals surface area (Å²) < 4.78 is 11.1. The molecule has 2 heterocycles. The third-order valence-corrected chi connectivity index (χ3v) is 5.51. The maximum atomic E-state index is 10.7. The molecule has 6 heteroatoms. The van der Waals surface area contributed by atoms with Crippen LogP contribution in [0.25, 0.3) is 11.3 Å². The van der Waals surface area contributed by atoms with Crippen molar-refractivity contribution in [2.24, 2.45) is 0 Å². The molecule has 0 bridgehead atoms. The largest absolute Gasteiger partial charge is 0.507 e. The molecule has 0 aliphatic carbocycles. The van der Waals surface area contributed by atoms with Gasteiger partial charge in [0.05, 0.1) is 13.7 Å². The van der Waals surface area contributed by atoms with Crippen LogP contribution in [0.2, 0.25) is 0 Å². The van der Waals surface area contributed by atoms with Gasteiger partial charge in [-0.05, 0) is 48.9 Å². The lowest BCUT2D eigenvalue weighted by atomic mass is 9.97. The van der Waals surface area contributed by atoms with Crippen molar-refractivity contribution in [1.29, 1.82) is 0 Å². The number of phenolic OH excluding ortho intramolecular Hbond substituents is 1. The number of ether oxygens (including phenoxy) is 2. The van der Waals surface area contributed by atoms with Crippen molar-refractivity contribution in [3.63, 3.8) is 0 Å². The van der Waals surface area contributed by atoms with E-state index in [0.717, 1.165) is 48.3 Å². The first kappa shape index (κ1) is 21.4. The second-order valence-corrected chi connectivity index (χ2v) is 7.69. The second-order valence-electron chi connectivity index (χ2n) is 7.69. The van der Waals surface area contributed by atoms with E-state index < -0.39 is 0 Å². The summed E-state index contributed by atoms with van der Waals surface area (Å²) in [6.45, 7) is 5.50. The van der Waals surface area contributed by atoms with Gasteiger partial charge in [0.2, 0.25) is 0 Å². The van der Waals surface area contributed by atoms with Crippen LogP contribution in [0.3, 0.4) is 0 Å². The molecule has 1 atom stereocenters. The van der Waals surface area contributed by atoms with E-state index in [1.165, 1.54) is 19.3 Å². The number of benzene rings is 1. The number of hydrogen-bond acceptors (Lipinski definition) is 6. The molecular weight excluding hydrogens is 366 g/mol. The van der Waals surface area contributed by atoms with E-state index >= 15 is 0 Å². The first-order valence-electron chi connectivity index (χ1n) is 10.8. The normalized spacial score (nSPS) is 14.7. The summed E-state index contributed by atoms with van der Waals surface area (Å²) in [6.07, 6.45) is 7.63. The zero-order valence-electron chi connectivity index (χ0n) is 17.8. The van der Waals surface area contributed by atoms with Gasteiger partial charge in [0.1, 0.15) is 23.0 Å². The molecule has 3 rings (SSSR count). The predicted octanol–water partition coefficient (Wildman–Crippen LogP) is 5.09. The van der Waals surface area contributed by atoms with Crippen molar-refractivity contribution in [2.45, 2.75) is 71.4 Å². The minimum Gasteiger partial charge on any atom is -0.507 e. The highest BCUT2D eigenvalue weighted by molar-refractivity contribution is 5.75. The predicted molar refractivity (Wildman–Crippen MR) is 116 cm³/mol. The molecule has 0 saturated heterocycles. The molecule has 0 fully saturated rings. The van der Waals surface area contributed by atoms with E-state index in [9.17, 15) is 5.11 Å². The Morgan fingerprint density at radius 2 is 2.03 bits per heavy atom. The van der Waals surface area contributed by atoms with Crippen LogP contribution in [0.1, 0.15) is 63.5 Å². The average Bonchev–Trinajstić information content (AvgIpc) is 2.81. The summed E-state index contributed by atoms with van der Waals surface area (Å²) in [5.41, 5.74) is 3.37. The second kappa shape index (κ2) is 10.4. The molecular formula is C23H33N3O3. The lowest BCUT2D eigenvalue weighted by Gasteiger charge is -2.19. The summed E-state index contributed by atoms with van der Waals surface area (Å²) in [4.78, 5) is 0. The smallest absolute Gasteiger partial charge is 0.149 e. The molecule has 158 valence electrons. The molecule has 1 unspecified atom stereocenters. The number of phenols is 1. The maximum absolute atomic E-state index is 10.7. The highest BCUT2D eigenvalue weighted by Crippen LogP contribution is 2.38. The lowest BCUT2D eigenvalue weighted by Crippen LogP contribution is -2.19. The van der Waals surface area contributed by atoms with Gasteiger partial charge < -0.3 is 19.9 Å². The van der Waals surface area contributed by atoms with Crippen LogP contribution >= 0.6 is 0 Å². The van der Waals surface area contributed by atoms with E-state index in [4.69, 9.17) is 9.47 Å². The highest BCUT2D eigenvalue weighted by Gasteiger charge is 2.21. The van der Waals surface area contributed by atoms with Gasteiger partial charge in [0.25, 0.3) is 0 Å². The summed E-state index contributed by atoms with van der Waals surface area (Å²) in [5, 5.41) is 23.2. The van der Waals surface area contributed by atoms with Crippen LogP contribution in [-0.4, -0.2) is 35.1 Å². The molecule has 6 nitrogen and oxygen atoms in total. The van der Waals surface area contributed by atoms with Crippen LogP contribution in [0.4, 0.5) is 5.82 Å². The van der Waals surface area contributed by atoms with E-state index in [2.05, 4.69) is 35.4 Å². The number of fused-ring (bicyclic) bond motifs is 3. The Morgan fingerprint density at radius 3 is 2.79 bits per heavy atom. The van der Waals surface area contributed by atoms with Crippen molar-refractivity contribution in [2.75, 3.05) is 19.0 Å². The Kier molecular flexibility index (Phi) is 7.69. The lowest BCUT2D eigenvalue weighted by molar-refractivity contribution is 0.119. The summed E-state index contributed by atoms with van der Waals surface area (Å²) >= 11 is 0. The minimum atomic E-state index is 0.145. The molecule has 0 spiro atoms. The Morgan fingerprint density at radius 1 is 1.17 bits per heavy atom. The number of nitrogens with one attached hydrogen (secondary N) is 1. The summed E-state index contributed by atoms with van der Waals surface area (Å²) in [7, 11) is 1.59. The number of hydrogen-bond donors (Lipinski definition) is 2. The monoisotopic (exact) mass is 399 g/mol. The van der Waals surface area contributed by atoms with Crippen LogP contribution < -0.4 is 10.1 Å². The van der Waals surface area contributed by atoms with Crippen molar-refractivity contribution in [3.05, 3.63) is 29.3 Å². The molecule has 1 aliphatic heterocycles. The number of methoxy groups -OCH3 is 1. The topological polar surface area (TPSA) is 76.5 Å². The fraction of sp³-hybridized carbons (Fsp3) is 0.565. The van der Waals surface area contributed by atoms with Crippen LogP contribution in [0, 0.1) is 0 Å². The molecule has 0 radical (unpaired) electrons. The fourth-order valence-corrected chi connectivity index (χ4v) is 3.84. The van der Waals surface area contributed by atoms with Crippen LogP contribution in [0.15, 0.2) is 18.2 Å². The zero-order chi connectivity index (χ0) is 20.6. The van der Waals surface area contributed by atoms with Gasteiger partial charge in [-0.3, -0.25) is 0 Å². The number of anilines is 1. The number of aromatic hydroxyl groups is 1. The molecule has 0 amide bonds. The molecule has 1 aromatic heterocycles. The van der Waals surface area contributed by atoms with Gasteiger partial charge >= 0.3 is 0 Å². The number of unbranched alkanes of at least 4 members (excludes halogenated alkanes) is 2. The fourth-order valence-electron chi connectivity index (χ4n) is 3.84. The maximum Gasteiger partial charge on any atom is 0.149 e. The van der Waals surface area contributed by atoms with E-state index in [-0.39, 0.29) is 5.75 Å². The van der Waals surface area contributed by atoms with Crippen LogP contribution in [-0.2, 0) is 17.8 Å². The van der Waals surface area contributed by atoms with Crippen molar-refractivity contribution in [3.8, 4) is 22.8 Å². The minimum absolute atomic E-state index is 0.145. The van der Waals surface area contributed by atoms with Crippen LogP contribution in [0.5, 0.6) is 11.5 Å². The van der Waals surface area contributed by atoms with E-state index in [1.54, 1.807) is 13.2 Å². The van der Waals surface area contributed by atoms with E-state index in [1.807, 2.05) is 6.07 Å². The van der Waals surface area contributed by atoms with Crippen molar-refractivity contribution < 1.29 is 14.6 Å². The van der Waals surface area contributed by atoms with Gasteiger partial charge in [-0.1, -0.05) is 33.1 Å². The van der Waals surface area contributed by atoms with E-state index in [0.29, 0.717) is 30.6 Å². The molecule has 0 saturated carbocycles. The van der Waals surface area contributed by atoms with Gasteiger partial charge in [0, 0.05) is 24.3 Å². The van der Waals surface area contributed by atoms with Gasteiger partial charge in [-0.15, -0.1) is 10.2 Å². The third kappa shape index (κ3) is 5.38. The average molecular weight is 400 g/mol. The summed E-state index contributed by atoms with van der Waals surface area (Å²) in [5.74, 6) is 1.56. The molecule has 1 aliphatic rings. The quantitative estimate of drug-likeness (QED) is 0.602. The Labute approximate surface area is 173 Å². The summed E-state index contributed by atoms with van der Waals surface area (Å²) in [6, 6.07) is 6.01. The third-order valence-electron chi connectivity index (χ3n) is 5.51. The molecule has 2 N–H and O–H groups in total. The zero-order valence-corrected chi connectivity index (χ0v) is 17.8. The van der Waals surface area contributed by atoms with Crippen molar-refractivity contribution >= 4 is 5.82 Å². The number of nitrogens with zero attached hydrogens (tertiary/aromatic N) is 2. The highest BCUT2D eigenvalue weighted by atomic mass is 16.5. The SMILES string of the molecule is CCCCCC(CC)Nc1cc2c(nn1)-c1c(O)cc(OC)cc1COCCC2. The van der Waals surface area contributed by atoms with Crippen molar-refractivity contribution in [1.82, 2.24) is 10.2 Å². The molecule has 29 heavy (non-hydrogen) atoms.